The summed E-state index contributed by atoms with van der Waals surface area (Å²) >= 11 is 0. The van der Waals surface area contributed by atoms with E-state index in [4.69, 9.17) is 4.74 Å². The first-order valence-electron chi connectivity index (χ1n) is 6.27. The number of rotatable bonds is 1. The minimum atomic E-state index is -4.23. The lowest BCUT2D eigenvalue weighted by Crippen LogP contribution is -2.39. The van der Waals surface area contributed by atoms with Crippen molar-refractivity contribution in [2.75, 3.05) is 6.61 Å². The summed E-state index contributed by atoms with van der Waals surface area (Å²) in [6, 6.07) is 4.40. The van der Waals surface area contributed by atoms with Crippen molar-refractivity contribution in [1.82, 2.24) is 4.31 Å². The van der Waals surface area contributed by atoms with E-state index in [-0.39, 0.29) is 6.61 Å². The number of halogens is 1. The number of ether oxygens (including phenoxy) is 1. The minimum absolute atomic E-state index is 0.273. The maximum absolute atomic E-state index is 13.3. The zero-order valence-electron chi connectivity index (χ0n) is 11.9. The van der Waals surface area contributed by atoms with E-state index in [2.05, 4.69) is 4.18 Å². The molecule has 1 saturated heterocycles. The maximum atomic E-state index is 13.3. The largest absolute Gasteiger partial charge is 0.443 e. The Labute approximate surface area is 122 Å². The molecule has 0 spiro atoms. The fraction of sp³-hybridized carbons (Fsp3) is 0.462. The third kappa shape index (κ3) is 3.51. The van der Waals surface area contributed by atoms with Gasteiger partial charge in [-0.15, -0.1) is 0 Å². The van der Waals surface area contributed by atoms with E-state index < -0.39 is 33.9 Å². The number of benzene rings is 1. The lowest BCUT2D eigenvalue weighted by Gasteiger charge is -2.26. The molecule has 1 aliphatic rings. The van der Waals surface area contributed by atoms with Crippen molar-refractivity contribution in [3.8, 4) is 0 Å². The standard InChI is InChI=1S/C13H16FNO5S/c1-13(2,3)20-12(16)15-11(8-19-21(15,17)18)9-5-4-6-10(14)7-9/h4-7,11H,8H2,1-3H3/t11-/m0/s1. The van der Waals surface area contributed by atoms with Crippen LogP contribution in [0.4, 0.5) is 9.18 Å². The highest BCUT2D eigenvalue weighted by atomic mass is 32.2. The zero-order valence-corrected chi connectivity index (χ0v) is 12.7. The van der Waals surface area contributed by atoms with Gasteiger partial charge in [0.15, 0.2) is 0 Å². The first-order valence-corrected chi connectivity index (χ1v) is 7.64. The summed E-state index contributed by atoms with van der Waals surface area (Å²) in [5, 5.41) is 0. The van der Waals surface area contributed by atoms with Crippen LogP contribution in [0.25, 0.3) is 0 Å². The highest BCUT2D eigenvalue weighted by Crippen LogP contribution is 2.33. The lowest BCUT2D eigenvalue weighted by molar-refractivity contribution is 0.0356. The van der Waals surface area contributed by atoms with Crippen LogP contribution in [-0.4, -0.2) is 31.0 Å². The molecule has 0 unspecified atom stereocenters. The number of hydrogen-bond acceptors (Lipinski definition) is 5. The van der Waals surface area contributed by atoms with Crippen LogP contribution in [0, 0.1) is 5.82 Å². The van der Waals surface area contributed by atoms with E-state index >= 15 is 0 Å². The minimum Gasteiger partial charge on any atom is -0.443 e. The van der Waals surface area contributed by atoms with Crippen molar-refractivity contribution in [2.45, 2.75) is 32.4 Å². The number of carbonyl (C=O) groups excluding carboxylic acids is 1. The highest BCUT2D eigenvalue weighted by Gasteiger charge is 2.45. The van der Waals surface area contributed by atoms with Gasteiger partial charge < -0.3 is 4.74 Å². The molecule has 0 aromatic heterocycles. The molecule has 2 rings (SSSR count). The molecule has 0 aliphatic carbocycles. The third-order valence-electron chi connectivity index (χ3n) is 2.71. The maximum Gasteiger partial charge on any atom is 0.426 e. The predicted octanol–water partition coefficient (Wildman–Crippen LogP) is 2.38. The van der Waals surface area contributed by atoms with Gasteiger partial charge in [0.2, 0.25) is 0 Å². The van der Waals surface area contributed by atoms with Gasteiger partial charge >= 0.3 is 16.4 Å². The predicted molar refractivity (Wildman–Crippen MR) is 72.1 cm³/mol. The average Bonchev–Trinajstić information content (AvgIpc) is 2.62. The molecule has 1 aromatic rings. The molecular formula is C13H16FNO5S. The van der Waals surface area contributed by atoms with Crippen LogP contribution in [0.3, 0.4) is 0 Å². The zero-order chi connectivity index (χ0) is 15.8. The van der Waals surface area contributed by atoms with Crippen LogP contribution >= 0.6 is 0 Å². The Hall–Kier alpha value is -1.67. The Balaban J connectivity index is 2.36. The van der Waals surface area contributed by atoms with Crippen molar-refractivity contribution in [3.63, 3.8) is 0 Å². The SMILES string of the molecule is CC(C)(C)OC(=O)N1[C@H](c2cccc(F)c2)COS1(=O)=O. The monoisotopic (exact) mass is 317 g/mol. The second-order valence-electron chi connectivity index (χ2n) is 5.59. The molecule has 0 saturated carbocycles. The van der Waals surface area contributed by atoms with Crippen LogP contribution in [-0.2, 0) is 19.2 Å². The van der Waals surface area contributed by atoms with Crippen LogP contribution in [0.15, 0.2) is 24.3 Å². The highest BCUT2D eigenvalue weighted by molar-refractivity contribution is 7.85. The van der Waals surface area contributed by atoms with Crippen LogP contribution in [0.1, 0.15) is 32.4 Å². The summed E-state index contributed by atoms with van der Waals surface area (Å²) in [5.41, 5.74) is -0.538. The molecule has 6 nitrogen and oxygen atoms in total. The van der Waals surface area contributed by atoms with Crippen molar-refractivity contribution >= 4 is 16.4 Å². The summed E-state index contributed by atoms with van der Waals surface area (Å²) < 4.78 is 47.3. The Morgan fingerprint density at radius 2 is 2.10 bits per heavy atom. The summed E-state index contributed by atoms with van der Waals surface area (Å²) in [6.07, 6.45) is -1.05. The average molecular weight is 317 g/mol. The van der Waals surface area contributed by atoms with Crippen LogP contribution in [0.2, 0.25) is 0 Å². The van der Waals surface area contributed by atoms with E-state index in [1.54, 1.807) is 20.8 Å². The first-order chi connectivity index (χ1) is 9.60. The van der Waals surface area contributed by atoms with Gasteiger partial charge in [0, 0.05) is 0 Å². The van der Waals surface area contributed by atoms with Gasteiger partial charge in [0.05, 0.1) is 6.61 Å². The van der Waals surface area contributed by atoms with Crippen LogP contribution < -0.4 is 0 Å². The topological polar surface area (TPSA) is 72.9 Å². The fourth-order valence-corrected chi connectivity index (χ4v) is 3.03. The summed E-state index contributed by atoms with van der Waals surface area (Å²) in [6.45, 7) is 4.58. The third-order valence-corrected chi connectivity index (χ3v) is 4.03. The van der Waals surface area contributed by atoms with E-state index in [0.29, 0.717) is 9.87 Å². The van der Waals surface area contributed by atoms with Gasteiger partial charge in [-0.3, -0.25) is 4.18 Å². The quantitative estimate of drug-likeness (QED) is 0.795. The Morgan fingerprint density at radius 3 is 2.67 bits per heavy atom. The molecule has 0 N–H and O–H groups in total. The number of amides is 1. The molecule has 1 fully saturated rings. The number of nitrogens with zero attached hydrogens (tertiary/aromatic N) is 1. The second-order valence-corrected chi connectivity index (χ2v) is 7.07. The van der Waals surface area contributed by atoms with Gasteiger partial charge in [-0.25, -0.2) is 9.18 Å². The van der Waals surface area contributed by atoms with Gasteiger partial charge in [-0.2, -0.15) is 12.7 Å². The first kappa shape index (κ1) is 15.7. The molecule has 0 radical (unpaired) electrons. The van der Waals surface area contributed by atoms with Crippen molar-refractivity contribution < 1.29 is 26.5 Å². The second kappa shape index (κ2) is 5.27. The molecule has 0 bridgehead atoms. The van der Waals surface area contributed by atoms with Crippen molar-refractivity contribution in [3.05, 3.63) is 35.6 Å². The smallest absolute Gasteiger partial charge is 0.426 e. The van der Waals surface area contributed by atoms with Gasteiger partial charge in [-0.05, 0) is 38.5 Å². The molecule has 1 aromatic carbocycles. The molecule has 8 heteroatoms. The van der Waals surface area contributed by atoms with E-state index in [0.717, 1.165) is 6.07 Å². The Bertz CT molecular complexity index is 653. The Kier molecular flexibility index (Phi) is 3.94. The molecule has 1 atom stereocenters. The molecule has 1 heterocycles. The number of hydrogen-bond donors (Lipinski definition) is 0. The normalized spacial score (nSPS) is 21.3. The van der Waals surface area contributed by atoms with Gasteiger partial charge in [-0.1, -0.05) is 12.1 Å². The molecule has 1 amide bonds. The van der Waals surface area contributed by atoms with Crippen molar-refractivity contribution in [2.24, 2.45) is 0 Å². The summed E-state index contributed by atoms with van der Waals surface area (Å²) in [4.78, 5) is 12.1. The fourth-order valence-electron chi connectivity index (χ4n) is 1.90. The molecular weight excluding hydrogens is 301 g/mol. The molecule has 116 valence electrons. The van der Waals surface area contributed by atoms with Crippen LogP contribution in [0.5, 0.6) is 0 Å². The van der Waals surface area contributed by atoms with Gasteiger partial charge in [0.25, 0.3) is 0 Å². The summed E-state index contributed by atoms with van der Waals surface area (Å²) in [7, 11) is -4.23. The number of carbonyl (C=O) groups is 1. The summed E-state index contributed by atoms with van der Waals surface area (Å²) in [5.74, 6) is -0.527. The lowest BCUT2D eigenvalue weighted by atomic mass is 10.1. The Morgan fingerprint density at radius 1 is 1.43 bits per heavy atom. The molecule has 21 heavy (non-hydrogen) atoms. The van der Waals surface area contributed by atoms with Crippen molar-refractivity contribution in [1.29, 1.82) is 0 Å². The molecule has 1 aliphatic heterocycles. The van der Waals surface area contributed by atoms with Gasteiger partial charge in [0.1, 0.15) is 17.5 Å². The van der Waals surface area contributed by atoms with E-state index in [9.17, 15) is 17.6 Å². The van der Waals surface area contributed by atoms with E-state index in [1.807, 2.05) is 0 Å². The van der Waals surface area contributed by atoms with E-state index in [1.165, 1.54) is 18.2 Å².